The normalized spacial score (nSPS) is 11.1. The van der Waals surface area contributed by atoms with Gasteiger partial charge in [0.15, 0.2) is 5.69 Å². The third kappa shape index (κ3) is 2.16. The molecule has 0 unspecified atom stereocenters. The lowest BCUT2D eigenvalue weighted by Gasteiger charge is -2.04. The molecule has 0 saturated heterocycles. The van der Waals surface area contributed by atoms with Crippen molar-refractivity contribution in [2.24, 2.45) is 14.1 Å². The van der Waals surface area contributed by atoms with Gasteiger partial charge >= 0.3 is 5.97 Å². The van der Waals surface area contributed by atoms with Gasteiger partial charge in [0, 0.05) is 20.3 Å². The molecule has 22 heavy (non-hydrogen) atoms. The Morgan fingerprint density at radius 1 is 1.32 bits per heavy atom. The van der Waals surface area contributed by atoms with Crippen LogP contribution in [0.2, 0.25) is 0 Å². The first-order valence-electron chi connectivity index (χ1n) is 7.16. The Hall–Kier alpha value is -2.63. The number of hydrogen-bond acceptors (Lipinski definition) is 4. The van der Waals surface area contributed by atoms with Crippen LogP contribution in [-0.4, -0.2) is 31.9 Å². The maximum atomic E-state index is 12.1. The number of rotatable bonds is 3. The number of aryl methyl sites for hydroxylation is 3. The van der Waals surface area contributed by atoms with Gasteiger partial charge in [-0.2, -0.15) is 5.10 Å². The Kier molecular flexibility index (Phi) is 3.44. The molecular weight excluding hydrogens is 280 g/mol. The maximum Gasteiger partial charge on any atom is 0.359 e. The molecule has 0 radical (unpaired) electrons. The zero-order valence-electron chi connectivity index (χ0n) is 13.1. The number of esters is 1. The molecular formula is C16H18N4O2. The van der Waals surface area contributed by atoms with E-state index in [0.717, 1.165) is 16.6 Å². The van der Waals surface area contributed by atoms with Crippen molar-refractivity contribution in [3.05, 3.63) is 35.7 Å². The summed E-state index contributed by atoms with van der Waals surface area (Å²) >= 11 is 0. The van der Waals surface area contributed by atoms with E-state index in [1.807, 2.05) is 36.7 Å². The van der Waals surface area contributed by atoms with Gasteiger partial charge in [0.1, 0.15) is 5.82 Å². The predicted octanol–water partition coefficient (Wildman–Crippen LogP) is 2.46. The summed E-state index contributed by atoms with van der Waals surface area (Å²) in [7, 11) is 3.72. The quantitative estimate of drug-likeness (QED) is 0.697. The monoisotopic (exact) mass is 298 g/mol. The van der Waals surface area contributed by atoms with Crippen LogP contribution >= 0.6 is 0 Å². The number of benzene rings is 1. The summed E-state index contributed by atoms with van der Waals surface area (Å²) in [6, 6.07) is 5.99. The second kappa shape index (κ2) is 5.29. The summed E-state index contributed by atoms with van der Waals surface area (Å²) < 4.78 is 8.68. The highest BCUT2D eigenvalue weighted by Crippen LogP contribution is 2.27. The molecule has 0 fully saturated rings. The third-order valence-electron chi connectivity index (χ3n) is 3.63. The lowest BCUT2D eigenvalue weighted by Crippen LogP contribution is -2.08. The van der Waals surface area contributed by atoms with Crippen molar-refractivity contribution in [2.75, 3.05) is 6.61 Å². The van der Waals surface area contributed by atoms with Crippen molar-refractivity contribution in [1.29, 1.82) is 0 Å². The van der Waals surface area contributed by atoms with E-state index < -0.39 is 5.97 Å². The maximum absolute atomic E-state index is 12.1. The molecule has 0 N–H and O–H groups in total. The highest BCUT2D eigenvalue weighted by molar-refractivity contribution is 5.95. The lowest BCUT2D eigenvalue weighted by atomic mass is 10.2. The summed E-state index contributed by atoms with van der Waals surface area (Å²) in [5.41, 5.74) is 4.06. The predicted molar refractivity (Wildman–Crippen MR) is 83.6 cm³/mol. The first-order chi connectivity index (χ1) is 10.5. The zero-order valence-corrected chi connectivity index (χ0v) is 13.1. The number of ether oxygens (including phenoxy) is 1. The number of carbonyl (C=O) groups is 1. The number of carbonyl (C=O) groups excluding carboxylic acids is 1. The molecule has 0 spiro atoms. The van der Waals surface area contributed by atoms with Gasteiger partial charge in [-0.05, 0) is 25.5 Å². The molecule has 0 aliphatic rings. The number of fused-ring (bicyclic) bond motifs is 1. The molecule has 0 aliphatic heterocycles. The average molecular weight is 298 g/mol. The zero-order chi connectivity index (χ0) is 15.9. The van der Waals surface area contributed by atoms with Crippen molar-refractivity contribution in [3.63, 3.8) is 0 Å². The Labute approximate surface area is 128 Å². The largest absolute Gasteiger partial charge is 0.461 e. The number of nitrogens with zero attached hydrogens (tertiary/aromatic N) is 4. The summed E-state index contributed by atoms with van der Waals surface area (Å²) in [5.74, 6) is 0.280. The van der Waals surface area contributed by atoms with Gasteiger partial charge in [-0.25, -0.2) is 9.78 Å². The van der Waals surface area contributed by atoms with Gasteiger partial charge in [0.2, 0.25) is 0 Å². The van der Waals surface area contributed by atoms with Crippen LogP contribution in [0.25, 0.3) is 22.4 Å². The van der Waals surface area contributed by atoms with Gasteiger partial charge in [0.25, 0.3) is 0 Å². The number of imidazole rings is 1. The topological polar surface area (TPSA) is 61.9 Å². The van der Waals surface area contributed by atoms with E-state index in [1.54, 1.807) is 24.9 Å². The first-order valence-corrected chi connectivity index (χ1v) is 7.16. The fourth-order valence-electron chi connectivity index (χ4n) is 2.71. The van der Waals surface area contributed by atoms with E-state index in [-0.39, 0.29) is 0 Å². The molecule has 0 bridgehead atoms. The summed E-state index contributed by atoms with van der Waals surface area (Å²) in [4.78, 5) is 16.8. The minimum absolute atomic E-state index is 0.292. The first kappa shape index (κ1) is 14.3. The average Bonchev–Trinajstić information content (AvgIpc) is 3.01. The molecule has 0 saturated carbocycles. The highest BCUT2D eigenvalue weighted by Gasteiger charge is 2.22. The van der Waals surface area contributed by atoms with Gasteiger partial charge < -0.3 is 9.30 Å². The van der Waals surface area contributed by atoms with Crippen LogP contribution in [0.15, 0.2) is 24.4 Å². The Bertz CT molecular complexity index is 861. The van der Waals surface area contributed by atoms with Crippen molar-refractivity contribution < 1.29 is 9.53 Å². The fourth-order valence-corrected chi connectivity index (χ4v) is 2.71. The number of hydrogen-bond donors (Lipinski definition) is 0. The summed E-state index contributed by atoms with van der Waals surface area (Å²) in [5, 5.41) is 4.23. The molecule has 1 aromatic carbocycles. The Balaban J connectivity index is 2.22. The van der Waals surface area contributed by atoms with E-state index in [0.29, 0.717) is 23.7 Å². The molecule has 2 aromatic heterocycles. The van der Waals surface area contributed by atoms with E-state index in [2.05, 4.69) is 10.1 Å². The summed E-state index contributed by atoms with van der Waals surface area (Å²) in [6.45, 7) is 4.14. The van der Waals surface area contributed by atoms with Crippen LogP contribution in [0, 0.1) is 6.92 Å². The van der Waals surface area contributed by atoms with Crippen molar-refractivity contribution in [1.82, 2.24) is 19.3 Å². The smallest absolute Gasteiger partial charge is 0.359 e. The van der Waals surface area contributed by atoms with Gasteiger partial charge in [-0.15, -0.1) is 0 Å². The second-order valence-electron chi connectivity index (χ2n) is 5.22. The van der Waals surface area contributed by atoms with E-state index >= 15 is 0 Å². The second-order valence-corrected chi connectivity index (χ2v) is 5.22. The molecule has 6 heteroatoms. The third-order valence-corrected chi connectivity index (χ3v) is 3.63. The molecule has 114 valence electrons. The number of aromatic nitrogens is 4. The van der Waals surface area contributed by atoms with Crippen molar-refractivity contribution in [3.8, 4) is 11.4 Å². The Morgan fingerprint density at radius 2 is 2.09 bits per heavy atom. The van der Waals surface area contributed by atoms with E-state index in [4.69, 9.17) is 4.74 Å². The molecule has 0 aliphatic carbocycles. The van der Waals surface area contributed by atoms with Crippen molar-refractivity contribution in [2.45, 2.75) is 13.8 Å². The minimum Gasteiger partial charge on any atom is -0.461 e. The van der Waals surface area contributed by atoms with Crippen LogP contribution in [0.1, 0.15) is 23.0 Å². The molecule has 3 aromatic rings. The lowest BCUT2D eigenvalue weighted by molar-refractivity contribution is 0.0519. The molecule has 2 heterocycles. The van der Waals surface area contributed by atoms with Gasteiger partial charge in [-0.1, -0.05) is 12.1 Å². The van der Waals surface area contributed by atoms with Crippen LogP contribution < -0.4 is 0 Å². The van der Waals surface area contributed by atoms with Crippen LogP contribution in [0.5, 0.6) is 0 Å². The summed E-state index contributed by atoms with van der Waals surface area (Å²) in [6.07, 6.45) is 1.79. The molecule has 0 amide bonds. The molecule has 3 rings (SSSR count). The minimum atomic E-state index is -0.429. The van der Waals surface area contributed by atoms with Gasteiger partial charge in [0.05, 0.1) is 23.2 Å². The van der Waals surface area contributed by atoms with E-state index in [1.165, 1.54) is 0 Å². The van der Waals surface area contributed by atoms with Crippen molar-refractivity contribution >= 4 is 17.0 Å². The van der Waals surface area contributed by atoms with Gasteiger partial charge in [-0.3, -0.25) is 4.68 Å². The standard InChI is InChI=1S/C16H18N4O2/c1-5-22-16(21)13-11(9-19(3)18-13)15-17-12-8-6-7-10(2)14(12)20(15)4/h6-9H,5H2,1-4H3. The fraction of sp³-hybridized carbons (Fsp3) is 0.312. The number of para-hydroxylation sites is 1. The molecule has 0 atom stereocenters. The molecule has 6 nitrogen and oxygen atoms in total. The highest BCUT2D eigenvalue weighted by atomic mass is 16.5. The Morgan fingerprint density at radius 3 is 2.77 bits per heavy atom. The van der Waals surface area contributed by atoms with Crippen LogP contribution in [0.3, 0.4) is 0 Å². The van der Waals surface area contributed by atoms with E-state index in [9.17, 15) is 4.79 Å². The van der Waals surface area contributed by atoms with Crippen LogP contribution in [0.4, 0.5) is 0 Å². The van der Waals surface area contributed by atoms with Crippen LogP contribution in [-0.2, 0) is 18.8 Å². The SMILES string of the molecule is CCOC(=O)c1nn(C)cc1-c1nc2cccc(C)c2n1C.